The number of carbonyl (C=O) groups is 3. The van der Waals surface area contributed by atoms with E-state index in [1.807, 2.05) is 35.8 Å². The maximum absolute atomic E-state index is 13.8. The molecule has 224 valence electrons. The average molecular weight is 583 g/mol. The summed E-state index contributed by atoms with van der Waals surface area (Å²) in [5.41, 5.74) is 1.63. The van der Waals surface area contributed by atoms with Crippen LogP contribution in [0.2, 0.25) is 0 Å². The molecule has 0 saturated carbocycles. The molecule has 1 fully saturated rings. The van der Waals surface area contributed by atoms with Gasteiger partial charge in [-0.15, -0.1) is 0 Å². The number of benzene rings is 2. The van der Waals surface area contributed by atoms with E-state index in [9.17, 15) is 32.7 Å². The van der Waals surface area contributed by atoms with Gasteiger partial charge in [0.1, 0.15) is 5.75 Å². The number of hydrogen-bond acceptors (Lipinski definition) is 8. The van der Waals surface area contributed by atoms with Gasteiger partial charge in [0, 0.05) is 5.56 Å². The van der Waals surface area contributed by atoms with Crippen molar-refractivity contribution in [1.29, 1.82) is 0 Å². The van der Waals surface area contributed by atoms with Crippen LogP contribution in [0, 0.1) is 0 Å². The number of rotatable bonds is 11. The van der Waals surface area contributed by atoms with E-state index in [1.165, 1.54) is 21.1 Å². The Hall–Kier alpha value is -3.92. The number of hydrazine groups is 1. The molecule has 1 heterocycles. The van der Waals surface area contributed by atoms with Crippen molar-refractivity contribution in [2.45, 2.75) is 37.1 Å². The number of ether oxygens (including phenoxy) is 2. The van der Waals surface area contributed by atoms with Gasteiger partial charge in [0.15, 0.2) is 0 Å². The number of amides is 3. The number of carboxylic acid groups (broad SMARTS) is 1. The minimum Gasteiger partial charge on any atom is -0.493 e. The van der Waals surface area contributed by atoms with E-state index in [4.69, 9.17) is 9.47 Å². The minimum absolute atomic E-state index is 0.0481. The first-order valence-corrected chi connectivity index (χ1v) is 12.7. The Morgan fingerprint density at radius 3 is 2.27 bits per heavy atom. The lowest BCUT2D eigenvalue weighted by atomic mass is 10.1. The van der Waals surface area contributed by atoms with Gasteiger partial charge in [-0.2, -0.15) is 13.2 Å². The number of nitrogens with one attached hydrogen (secondary N) is 5. The summed E-state index contributed by atoms with van der Waals surface area (Å²) in [5.74, 6) is -4.33. The number of hydrogen-bond donors (Lipinski definition) is 6. The van der Waals surface area contributed by atoms with Crippen LogP contribution in [0.4, 0.5) is 18.0 Å². The van der Waals surface area contributed by atoms with E-state index in [-0.39, 0.29) is 6.61 Å². The van der Waals surface area contributed by atoms with Crippen molar-refractivity contribution in [3.63, 3.8) is 0 Å². The van der Waals surface area contributed by atoms with Crippen molar-refractivity contribution >= 4 is 17.9 Å². The molecule has 0 aromatic heterocycles. The molecule has 41 heavy (non-hydrogen) atoms. The molecule has 0 unspecified atom stereocenters. The zero-order valence-corrected chi connectivity index (χ0v) is 22.7. The molecule has 0 aliphatic carbocycles. The molecule has 1 atom stereocenters. The molecular weight excluding hydrogens is 549 g/mol. The fourth-order valence-corrected chi connectivity index (χ4v) is 4.43. The topological polar surface area (TPSA) is 153 Å². The molecule has 1 saturated heterocycles. The Labute approximate surface area is 234 Å². The Kier molecular flexibility index (Phi) is 10.1. The summed E-state index contributed by atoms with van der Waals surface area (Å²) in [5, 5.41) is 17.6. The number of carbonyl (C=O) groups excluding carboxylic acids is 2. The summed E-state index contributed by atoms with van der Waals surface area (Å²) in [4.78, 5) is 38.5. The zero-order valence-electron chi connectivity index (χ0n) is 22.7. The summed E-state index contributed by atoms with van der Waals surface area (Å²) in [6, 6.07) is 12.4. The standard InChI is InChI=1S/C26H33F3N6O6/c1-30-24(16-41-26(31-2,32-3)35(24)23(38)39)22(37)34-33-21(36)18-12-13-20(19(15-18)25(27,28)29)40-14-8-7-11-17-9-5-4-6-10-17/h4-6,9-10,12-13,15,30-32H,7-8,11,14,16H2,1-3H3,(H,33,36)(H,34,37)(H,38,39)/t24-/m0/s1. The van der Waals surface area contributed by atoms with Gasteiger partial charge in [0.2, 0.25) is 5.66 Å². The Morgan fingerprint density at radius 1 is 1.00 bits per heavy atom. The van der Waals surface area contributed by atoms with Gasteiger partial charge >= 0.3 is 12.3 Å². The first-order chi connectivity index (χ1) is 19.4. The van der Waals surface area contributed by atoms with Crippen LogP contribution in [0.5, 0.6) is 5.75 Å². The van der Waals surface area contributed by atoms with Crippen LogP contribution >= 0.6 is 0 Å². The van der Waals surface area contributed by atoms with Gasteiger partial charge in [-0.05, 0) is 64.2 Å². The highest BCUT2D eigenvalue weighted by Gasteiger charge is 2.62. The van der Waals surface area contributed by atoms with Crippen molar-refractivity contribution in [1.82, 2.24) is 31.7 Å². The average Bonchev–Trinajstić information content (AvgIpc) is 3.32. The van der Waals surface area contributed by atoms with Gasteiger partial charge in [-0.1, -0.05) is 30.3 Å². The number of halogens is 3. The molecule has 2 aromatic rings. The Bertz CT molecular complexity index is 1230. The maximum Gasteiger partial charge on any atom is 0.419 e. The van der Waals surface area contributed by atoms with E-state index in [0.29, 0.717) is 23.8 Å². The highest BCUT2D eigenvalue weighted by Crippen LogP contribution is 2.37. The highest BCUT2D eigenvalue weighted by molar-refractivity contribution is 5.97. The second-order valence-electron chi connectivity index (χ2n) is 9.07. The molecule has 6 N–H and O–H groups in total. The molecule has 0 radical (unpaired) electrons. The summed E-state index contributed by atoms with van der Waals surface area (Å²) < 4.78 is 52.3. The van der Waals surface area contributed by atoms with Crippen LogP contribution in [0.15, 0.2) is 48.5 Å². The lowest BCUT2D eigenvalue weighted by Gasteiger charge is -2.40. The van der Waals surface area contributed by atoms with E-state index < -0.39 is 59.2 Å². The van der Waals surface area contributed by atoms with E-state index in [1.54, 1.807) is 0 Å². The van der Waals surface area contributed by atoms with Crippen molar-refractivity contribution in [3.8, 4) is 5.75 Å². The number of unbranched alkanes of at least 4 members (excludes halogenated alkanes) is 1. The summed E-state index contributed by atoms with van der Waals surface area (Å²) in [6.07, 6.45) is -4.37. The fourth-order valence-electron chi connectivity index (χ4n) is 4.43. The van der Waals surface area contributed by atoms with Gasteiger partial charge in [-0.25, -0.2) is 9.69 Å². The molecule has 1 aliphatic heterocycles. The largest absolute Gasteiger partial charge is 0.493 e. The van der Waals surface area contributed by atoms with Crippen molar-refractivity contribution in [3.05, 3.63) is 65.2 Å². The third kappa shape index (κ3) is 6.87. The third-order valence-corrected chi connectivity index (χ3v) is 6.64. The van der Waals surface area contributed by atoms with E-state index >= 15 is 0 Å². The van der Waals surface area contributed by atoms with Crippen LogP contribution in [0.3, 0.4) is 0 Å². The first kappa shape index (κ1) is 31.6. The van der Waals surface area contributed by atoms with Gasteiger partial charge in [0.05, 0.1) is 18.8 Å². The van der Waals surface area contributed by atoms with Crippen LogP contribution < -0.4 is 31.5 Å². The Balaban J connectivity index is 1.67. The summed E-state index contributed by atoms with van der Waals surface area (Å²) in [7, 11) is 4.10. The molecule has 3 amide bonds. The van der Waals surface area contributed by atoms with E-state index in [0.717, 1.165) is 24.1 Å². The predicted molar refractivity (Wildman–Crippen MR) is 140 cm³/mol. The zero-order chi connectivity index (χ0) is 30.3. The van der Waals surface area contributed by atoms with Crippen LogP contribution in [-0.2, 0) is 22.1 Å². The maximum atomic E-state index is 13.8. The van der Waals surface area contributed by atoms with Crippen molar-refractivity contribution < 1.29 is 42.1 Å². The molecule has 3 rings (SSSR count). The number of aryl methyl sites for hydroxylation is 1. The monoisotopic (exact) mass is 582 g/mol. The number of likely N-dealkylation sites (N-methyl/N-ethyl adjacent to an activating group) is 1. The SMILES string of the molecule is CNC1(NC)OC[C@@](NC)(C(=O)NNC(=O)c2ccc(OCCCCc3ccccc3)c(C(F)(F)F)c2)N1C(=O)O. The van der Waals surface area contributed by atoms with Crippen LogP contribution in [-0.4, -0.2) is 73.9 Å². The van der Waals surface area contributed by atoms with Gasteiger partial charge in [0.25, 0.3) is 17.8 Å². The molecule has 2 aromatic carbocycles. The quantitative estimate of drug-likeness (QED) is 0.132. The smallest absolute Gasteiger partial charge is 0.419 e. The summed E-state index contributed by atoms with van der Waals surface area (Å²) >= 11 is 0. The van der Waals surface area contributed by atoms with Gasteiger partial charge < -0.3 is 14.6 Å². The second-order valence-corrected chi connectivity index (χ2v) is 9.07. The summed E-state index contributed by atoms with van der Waals surface area (Å²) in [6.45, 7) is -0.429. The lowest BCUT2D eigenvalue weighted by molar-refractivity contribution is -0.142. The Morgan fingerprint density at radius 2 is 1.68 bits per heavy atom. The molecular formula is C26H33F3N6O6. The van der Waals surface area contributed by atoms with Crippen LogP contribution in [0.25, 0.3) is 0 Å². The first-order valence-electron chi connectivity index (χ1n) is 12.7. The molecule has 15 heteroatoms. The fraction of sp³-hybridized carbons (Fsp3) is 0.423. The van der Waals surface area contributed by atoms with Gasteiger partial charge in [-0.3, -0.25) is 36.4 Å². The molecule has 0 bridgehead atoms. The molecule has 12 nitrogen and oxygen atoms in total. The second kappa shape index (κ2) is 13.2. The normalized spacial score (nSPS) is 18.1. The predicted octanol–water partition coefficient (Wildman–Crippen LogP) is 1.84. The van der Waals surface area contributed by atoms with Crippen molar-refractivity contribution in [2.24, 2.45) is 0 Å². The minimum atomic E-state index is -4.82. The van der Waals surface area contributed by atoms with Crippen LogP contribution in [0.1, 0.15) is 34.3 Å². The van der Waals surface area contributed by atoms with E-state index in [2.05, 4.69) is 21.4 Å². The molecule has 0 spiro atoms. The molecule has 1 aliphatic rings. The highest BCUT2D eigenvalue weighted by atomic mass is 19.4. The lowest BCUT2D eigenvalue weighted by Crippen LogP contribution is -2.75. The van der Waals surface area contributed by atoms with Crippen molar-refractivity contribution in [2.75, 3.05) is 34.4 Å². The third-order valence-electron chi connectivity index (χ3n) is 6.64. The number of nitrogens with zero attached hydrogens (tertiary/aromatic N) is 1. The number of alkyl halides is 3.